The smallest absolute Gasteiger partial charge is 0.257 e. The van der Waals surface area contributed by atoms with Crippen molar-refractivity contribution >= 4 is 23.4 Å². The van der Waals surface area contributed by atoms with E-state index in [2.05, 4.69) is 17.2 Å². The van der Waals surface area contributed by atoms with Gasteiger partial charge in [0, 0.05) is 29.9 Å². The second-order valence-electron chi connectivity index (χ2n) is 5.00. The van der Waals surface area contributed by atoms with Crippen LogP contribution in [0.5, 0.6) is 5.75 Å². The van der Waals surface area contributed by atoms with Gasteiger partial charge in [0.15, 0.2) is 0 Å². The molecule has 0 atom stereocenters. The summed E-state index contributed by atoms with van der Waals surface area (Å²) in [6.07, 6.45) is 5.76. The van der Waals surface area contributed by atoms with E-state index >= 15 is 0 Å². The number of hydrogen-bond acceptors (Lipinski definition) is 3. The summed E-state index contributed by atoms with van der Waals surface area (Å²) < 4.78 is 6.93. The molecule has 5 nitrogen and oxygen atoms in total. The molecule has 1 amide bonds. The average molecular weight is 308 g/mol. The van der Waals surface area contributed by atoms with Crippen LogP contribution < -0.4 is 10.1 Å². The molecule has 0 radical (unpaired) electrons. The highest BCUT2D eigenvalue weighted by Gasteiger charge is 2.26. The Hall–Kier alpha value is -2.97. The first-order valence-electron chi connectivity index (χ1n) is 7.20. The number of methoxy groups -OCH3 is 1. The molecule has 1 aliphatic heterocycles. The van der Waals surface area contributed by atoms with Gasteiger partial charge in [-0.2, -0.15) is 0 Å². The molecular formula is C18H16N2O3. The van der Waals surface area contributed by atoms with Crippen LogP contribution in [0.3, 0.4) is 0 Å². The molecule has 3 rings (SSSR count). The lowest BCUT2D eigenvalue weighted by molar-refractivity contribution is -0.110. The van der Waals surface area contributed by atoms with Crippen molar-refractivity contribution in [1.29, 1.82) is 0 Å². The molecule has 0 saturated heterocycles. The fraction of sp³-hybridized carbons (Fsp3) is 0.167. The summed E-state index contributed by atoms with van der Waals surface area (Å²) in [5.41, 5.74) is 2.85. The highest BCUT2D eigenvalue weighted by molar-refractivity contribution is 6.34. The van der Waals surface area contributed by atoms with Gasteiger partial charge in [-0.25, -0.2) is 0 Å². The maximum absolute atomic E-state index is 12.3. The Morgan fingerprint density at radius 2 is 2.26 bits per heavy atom. The number of amides is 1. The van der Waals surface area contributed by atoms with E-state index in [0.29, 0.717) is 12.0 Å². The normalized spacial score (nSPS) is 14.2. The fourth-order valence-electron chi connectivity index (χ4n) is 2.43. The van der Waals surface area contributed by atoms with Gasteiger partial charge in [0.25, 0.3) is 5.91 Å². The third-order valence-electron chi connectivity index (χ3n) is 3.49. The average Bonchev–Trinajstić information content (AvgIpc) is 3.13. The van der Waals surface area contributed by atoms with E-state index in [1.807, 2.05) is 30.5 Å². The Balaban J connectivity index is 2.05. The van der Waals surface area contributed by atoms with Crippen LogP contribution in [0.1, 0.15) is 17.5 Å². The van der Waals surface area contributed by atoms with Gasteiger partial charge < -0.3 is 19.7 Å². The standard InChI is InChI=1S/C18H16N2O3/c1-23-14-8-9-20(11-14)12-15-17-13(5-2-3-10-21)6-4-7-16(17)19-18(15)22/h4,6-9,11-12,21H,3,10H2,1H3,(H,19,22). The van der Waals surface area contributed by atoms with E-state index in [0.717, 1.165) is 22.6 Å². The van der Waals surface area contributed by atoms with Crippen LogP contribution in [0.25, 0.3) is 11.8 Å². The van der Waals surface area contributed by atoms with Crippen molar-refractivity contribution < 1.29 is 14.6 Å². The number of carbonyl (C=O) groups excluding carboxylic acids is 1. The largest absolute Gasteiger partial charge is 0.495 e. The zero-order chi connectivity index (χ0) is 16.2. The first-order valence-corrected chi connectivity index (χ1v) is 7.20. The number of aromatic nitrogens is 1. The van der Waals surface area contributed by atoms with Crippen molar-refractivity contribution in [3.63, 3.8) is 0 Å². The Kier molecular flexibility index (Phi) is 4.18. The Labute approximate surface area is 134 Å². The third-order valence-corrected chi connectivity index (χ3v) is 3.49. The van der Waals surface area contributed by atoms with Crippen molar-refractivity contribution in [1.82, 2.24) is 4.57 Å². The molecule has 1 aliphatic rings. The minimum Gasteiger partial charge on any atom is -0.495 e. The van der Waals surface area contributed by atoms with Gasteiger partial charge in [0.2, 0.25) is 0 Å². The van der Waals surface area contributed by atoms with Crippen LogP contribution >= 0.6 is 0 Å². The van der Waals surface area contributed by atoms with Gasteiger partial charge in [0.1, 0.15) is 5.75 Å². The molecule has 1 aromatic heterocycles. The summed E-state index contributed by atoms with van der Waals surface area (Å²) in [6, 6.07) is 7.39. The maximum atomic E-state index is 12.3. The van der Waals surface area contributed by atoms with E-state index in [-0.39, 0.29) is 12.5 Å². The number of benzene rings is 1. The second kappa shape index (κ2) is 6.42. The Bertz CT molecular complexity index is 837. The van der Waals surface area contributed by atoms with E-state index in [9.17, 15) is 4.79 Å². The van der Waals surface area contributed by atoms with Crippen molar-refractivity contribution in [2.24, 2.45) is 0 Å². The minimum absolute atomic E-state index is 0.0189. The topological polar surface area (TPSA) is 63.5 Å². The van der Waals surface area contributed by atoms with Gasteiger partial charge in [-0.3, -0.25) is 4.79 Å². The lowest BCUT2D eigenvalue weighted by Crippen LogP contribution is -2.04. The highest BCUT2D eigenvalue weighted by atomic mass is 16.5. The number of hydrogen-bond donors (Lipinski definition) is 2. The molecule has 2 N–H and O–H groups in total. The Morgan fingerprint density at radius 1 is 1.39 bits per heavy atom. The molecule has 0 unspecified atom stereocenters. The summed E-state index contributed by atoms with van der Waals surface area (Å²) in [5.74, 6) is 6.48. The molecule has 0 aliphatic carbocycles. The van der Waals surface area contributed by atoms with Crippen molar-refractivity contribution in [3.8, 4) is 17.6 Å². The lowest BCUT2D eigenvalue weighted by atomic mass is 10.0. The van der Waals surface area contributed by atoms with Crippen LogP contribution in [-0.2, 0) is 4.79 Å². The molecule has 2 heterocycles. The minimum atomic E-state index is -0.163. The maximum Gasteiger partial charge on any atom is 0.257 e. The van der Waals surface area contributed by atoms with Crippen LogP contribution in [0, 0.1) is 11.8 Å². The number of anilines is 1. The zero-order valence-corrected chi connectivity index (χ0v) is 12.7. The second-order valence-corrected chi connectivity index (χ2v) is 5.00. The van der Waals surface area contributed by atoms with Gasteiger partial charge in [0.05, 0.1) is 31.2 Å². The first-order chi connectivity index (χ1) is 11.2. The Morgan fingerprint density at radius 3 is 3.00 bits per heavy atom. The summed E-state index contributed by atoms with van der Waals surface area (Å²) in [6.45, 7) is 0.0189. The molecule has 0 fully saturated rings. The van der Waals surface area contributed by atoms with E-state index in [1.54, 1.807) is 24.1 Å². The van der Waals surface area contributed by atoms with Crippen LogP contribution in [0.15, 0.2) is 36.7 Å². The van der Waals surface area contributed by atoms with Gasteiger partial charge in [-0.05, 0) is 18.2 Å². The molecule has 0 saturated carbocycles. The molecule has 0 spiro atoms. The monoisotopic (exact) mass is 308 g/mol. The number of carbonyl (C=O) groups is 1. The molecular weight excluding hydrogens is 292 g/mol. The summed E-state index contributed by atoms with van der Waals surface area (Å²) in [5, 5.41) is 11.7. The van der Waals surface area contributed by atoms with Crippen molar-refractivity contribution in [2.75, 3.05) is 19.0 Å². The number of nitrogens with one attached hydrogen (secondary N) is 1. The van der Waals surface area contributed by atoms with Crippen LogP contribution in [0.2, 0.25) is 0 Å². The van der Waals surface area contributed by atoms with E-state index in [1.165, 1.54) is 0 Å². The lowest BCUT2D eigenvalue weighted by Gasteiger charge is -2.02. The zero-order valence-electron chi connectivity index (χ0n) is 12.7. The highest BCUT2D eigenvalue weighted by Crippen LogP contribution is 2.34. The number of nitrogens with zero attached hydrogens (tertiary/aromatic N) is 1. The molecule has 116 valence electrons. The number of aliphatic hydroxyl groups is 1. The number of aliphatic hydroxyl groups excluding tert-OH is 1. The quantitative estimate of drug-likeness (QED) is 0.675. The first kappa shape index (κ1) is 14.9. The molecule has 0 bridgehead atoms. The predicted octanol–water partition coefficient (Wildman–Crippen LogP) is 2.18. The van der Waals surface area contributed by atoms with Crippen LogP contribution in [0.4, 0.5) is 5.69 Å². The van der Waals surface area contributed by atoms with Crippen molar-refractivity contribution in [3.05, 3.63) is 47.8 Å². The molecule has 23 heavy (non-hydrogen) atoms. The number of fused-ring (bicyclic) bond motifs is 1. The van der Waals surface area contributed by atoms with Gasteiger partial charge in [-0.15, -0.1) is 0 Å². The molecule has 1 aromatic carbocycles. The number of ether oxygens (including phenoxy) is 1. The predicted molar refractivity (Wildman–Crippen MR) is 88.8 cm³/mol. The van der Waals surface area contributed by atoms with Crippen molar-refractivity contribution in [2.45, 2.75) is 6.42 Å². The number of rotatable bonds is 3. The summed E-state index contributed by atoms with van der Waals surface area (Å²) >= 11 is 0. The fourth-order valence-corrected chi connectivity index (χ4v) is 2.43. The third kappa shape index (κ3) is 2.98. The van der Waals surface area contributed by atoms with Gasteiger partial charge >= 0.3 is 0 Å². The summed E-state index contributed by atoms with van der Waals surface area (Å²) in [4.78, 5) is 12.3. The molecule has 2 aromatic rings. The molecule has 5 heteroatoms. The summed E-state index contributed by atoms with van der Waals surface area (Å²) in [7, 11) is 1.60. The van der Waals surface area contributed by atoms with Gasteiger partial charge in [-0.1, -0.05) is 17.9 Å². The van der Waals surface area contributed by atoms with Crippen LogP contribution in [-0.4, -0.2) is 29.3 Å². The van der Waals surface area contributed by atoms with E-state index < -0.39 is 0 Å². The van der Waals surface area contributed by atoms with E-state index in [4.69, 9.17) is 9.84 Å². The SMILES string of the molecule is COc1ccn(C=C2C(=O)Nc3cccc(C#CCCO)c32)c1.